The van der Waals surface area contributed by atoms with E-state index in [1.807, 2.05) is 6.92 Å². The second-order valence-corrected chi connectivity index (χ2v) is 7.12. The van der Waals surface area contributed by atoms with Crippen molar-refractivity contribution in [2.24, 2.45) is 0 Å². The van der Waals surface area contributed by atoms with Gasteiger partial charge in [0.05, 0.1) is 11.4 Å². The summed E-state index contributed by atoms with van der Waals surface area (Å²) in [6.45, 7) is 10.7. The Labute approximate surface area is 126 Å². The highest BCUT2D eigenvalue weighted by Gasteiger charge is 2.32. The fourth-order valence-electron chi connectivity index (χ4n) is 2.59. The molecule has 1 aliphatic heterocycles. The highest BCUT2D eigenvalue weighted by Crippen LogP contribution is 2.23. The van der Waals surface area contributed by atoms with Gasteiger partial charge in [0.1, 0.15) is 4.90 Å². The maximum atomic E-state index is 12.9. The Hall–Kier alpha value is -0.960. The van der Waals surface area contributed by atoms with Crippen LogP contribution in [0.2, 0.25) is 0 Å². The Morgan fingerprint density at radius 3 is 2.48 bits per heavy atom. The van der Waals surface area contributed by atoms with Crippen molar-refractivity contribution in [2.45, 2.75) is 32.2 Å². The molecule has 0 unspecified atom stereocenters. The van der Waals surface area contributed by atoms with E-state index in [0.29, 0.717) is 35.9 Å². The van der Waals surface area contributed by atoms with Gasteiger partial charge in [-0.3, -0.25) is 5.10 Å². The molecule has 0 saturated carbocycles. The van der Waals surface area contributed by atoms with Crippen LogP contribution in [0.3, 0.4) is 0 Å². The number of H-pyrrole nitrogens is 1. The van der Waals surface area contributed by atoms with Crippen LogP contribution in [-0.2, 0) is 16.6 Å². The largest absolute Gasteiger partial charge is 0.311 e. The van der Waals surface area contributed by atoms with Gasteiger partial charge >= 0.3 is 0 Å². The number of hydrogen-bond donors (Lipinski definition) is 2. The summed E-state index contributed by atoms with van der Waals surface area (Å²) < 4.78 is 27.3. The van der Waals surface area contributed by atoms with E-state index in [1.165, 1.54) is 0 Å². The van der Waals surface area contributed by atoms with Gasteiger partial charge in [0, 0.05) is 32.7 Å². The second kappa shape index (κ2) is 6.87. The standard InChI is InChI=1S/C13H25N5O2S/c1-4-14-10-12-13(11(3)15-16-12)21(19,20)18-8-6-17(5-2)7-9-18/h14H,4-10H2,1-3H3,(H,15,16). The van der Waals surface area contributed by atoms with Gasteiger partial charge in [-0.05, 0) is 20.0 Å². The van der Waals surface area contributed by atoms with Crippen molar-refractivity contribution in [1.29, 1.82) is 0 Å². The van der Waals surface area contributed by atoms with E-state index >= 15 is 0 Å². The summed E-state index contributed by atoms with van der Waals surface area (Å²) in [5.41, 5.74) is 1.19. The molecule has 1 aromatic heterocycles. The molecule has 0 atom stereocenters. The van der Waals surface area contributed by atoms with Crippen molar-refractivity contribution in [2.75, 3.05) is 39.3 Å². The molecule has 0 aliphatic carbocycles. The SMILES string of the molecule is CCNCc1n[nH]c(C)c1S(=O)(=O)N1CCN(CC)CC1. The number of piperazine rings is 1. The minimum atomic E-state index is -3.47. The number of aromatic amines is 1. The lowest BCUT2D eigenvalue weighted by molar-refractivity contribution is 0.196. The average Bonchev–Trinajstić information content (AvgIpc) is 2.86. The van der Waals surface area contributed by atoms with Gasteiger partial charge in [-0.25, -0.2) is 8.42 Å². The molecule has 1 aromatic rings. The van der Waals surface area contributed by atoms with Gasteiger partial charge in [0.15, 0.2) is 0 Å². The first-order valence-electron chi connectivity index (χ1n) is 7.47. The maximum absolute atomic E-state index is 12.9. The molecule has 2 N–H and O–H groups in total. The maximum Gasteiger partial charge on any atom is 0.246 e. The summed E-state index contributed by atoms with van der Waals surface area (Å²) in [4.78, 5) is 2.60. The highest BCUT2D eigenvalue weighted by atomic mass is 32.2. The molecule has 0 spiro atoms. The minimum absolute atomic E-state index is 0.341. The topological polar surface area (TPSA) is 81.3 Å². The number of hydrogen-bond acceptors (Lipinski definition) is 5. The molecule has 21 heavy (non-hydrogen) atoms. The van der Waals surface area contributed by atoms with Crippen LogP contribution in [0.25, 0.3) is 0 Å². The van der Waals surface area contributed by atoms with Gasteiger partial charge in [0.2, 0.25) is 10.0 Å². The fourth-order valence-corrected chi connectivity index (χ4v) is 4.34. The summed E-state index contributed by atoms with van der Waals surface area (Å²) in [6, 6.07) is 0. The third-order valence-electron chi connectivity index (χ3n) is 3.88. The third-order valence-corrected chi connectivity index (χ3v) is 5.98. The molecule has 7 nitrogen and oxygen atoms in total. The van der Waals surface area contributed by atoms with Crippen molar-refractivity contribution in [3.63, 3.8) is 0 Å². The zero-order valence-electron chi connectivity index (χ0n) is 13.0. The van der Waals surface area contributed by atoms with Crippen molar-refractivity contribution < 1.29 is 8.42 Å². The van der Waals surface area contributed by atoms with Crippen LogP contribution in [0.1, 0.15) is 25.2 Å². The minimum Gasteiger partial charge on any atom is -0.311 e. The molecule has 120 valence electrons. The zero-order chi connectivity index (χ0) is 15.5. The van der Waals surface area contributed by atoms with E-state index in [9.17, 15) is 8.42 Å². The highest BCUT2D eigenvalue weighted by molar-refractivity contribution is 7.89. The van der Waals surface area contributed by atoms with Crippen LogP contribution in [0, 0.1) is 6.92 Å². The molecular weight excluding hydrogens is 290 g/mol. The Balaban J connectivity index is 2.22. The number of nitrogens with one attached hydrogen (secondary N) is 2. The number of sulfonamides is 1. The summed E-state index contributed by atoms with van der Waals surface area (Å²) in [5.74, 6) is 0. The predicted octanol–water partition coefficient (Wildman–Crippen LogP) is 0.154. The van der Waals surface area contributed by atoms with E-state index < -0.39 is 10.0 Å². The molecule has 0 aromatic carbocycles. The molecule has 2 heterocycles. The van der Waals surface area contributed by atoms with Crippen LogP contribution >= 0.6 is 0 Å². The Morgan fingerprint density at radius 2 is 1.90 bits per heavy atom. The number of likely N-dealkylation sites (N-methyl/N-ethyl adjacent to an activating group) is 1. The van der Waals surface area contributed by atoms with Crippen molar-refractivity contribution in [3.8, 4) is 0 Å². The predicted molar refractivity (Wildman–Crippen MR) is 81.6 cm³/mol. The molecule has 1 fully saturated rings. The molecule has 1 aliphatic rings. The fraction of sp³-hybridized carbons (Fsp3) is 0.769. The van der Waals surface area contributed by atoms with E-state index in [4.69, 9.17) is 0 Å². The Morgan fingerprint density at radius 1 is 1.24 bits per heavy atom. The third kappa shape index (κ3) is 3.45. The van der Waals surface area contributed by atoms with Gasteiger partial charge < -0.3 is 10.2 Å². The van der Waals surface area contributed by atoms with Gasteiger partial charge in [-0.15, -0.1) is 0 Å². The molecule has 2 rings (SSSR count). The van der Waals surface area contributed by atoms with Crippen molar-refractivity contribution in [1.82, 2.24) is 24.7 Å². The first-order chi connectivity index (χ1) is 10.0. The molecule has 0 amide bonds. The lowest BCUT2D eigenvalue weighted by Crippen LogP contribution is -2.48. The monoisotopic (exact) mass is 315 g/mol. The van der Waals surface area contributed by atoms with E-state index in [0.717, 1.165) is 26.2 Å². The van der Waals surface area contributed by atoms with Crippen molar-refractivity contribution >= 4 is 10.0 Å². The molecule has 0 radical (unpaired) electrons. The van der Waals surface area contributed by atoms with Gasteiger partial charge in [-0.1, -0.05) is 13.8 Å². The molecule has 8 heteroatoms. The van der Waals surface area contributed by atoms with Gasteiger partial charge in [-0.2, -0.15) is 9.40 Å². The summed E-state index contributed by atoms with van der Waals surface area (Å²) >= 11 is 0. The second-order valence-electron chi connectivity index (χ2n) is 5.24. The first kappa shape index (κ1) is 16.4. The molecule has 0 bridgehead atoms. The summed E-state index contributed by atoms with van der Waals surface area (Å²) in [6.07, 6.45) is 0. The Bertz CT molecular complexity index is 561. The van der Waals surface area contributed by atoms with Crippen molar-refractivity contribution in [3.05, 3.63) is 11.4 Å². The Kier molecular flexibility index (Phi) is 5.37. The first-order valence-corrected chi connectivity index (χ1v) is 8.91. The van der Waals surface area contributed by atoms with Gasteiger partial charge in [0.25, 0.3) is 0 Å². The zero-order valence-corrected chi connectivity index (χ0v) is 13.8. The van der Waals surface area contributed by atoms with E-state index in [1.54, 1.807) is 11.2 Å². The van der Waals surface area contributed by atoms with Crippen LogP contribution in [0.5, 0.6) is 0 Å². The molecule has 1 saturated heterocycles. The quantitative estimate of drug-likeness (QED) is 0.781. The average molecular weight is 315 g/mol. The van der Waals surface area contributed by atoms with E-state index in [-0.39, 0.29) is 0 Å². The summed E-state index contributed by atoms with van der Waals surface area (Å²) in [7, 11) is -3.47. The summed E-state index contributed by atoms with van der Waals surface area (Å²) in [5, 5.41) is 10.1. The molecular formula is C13H25N5O2S. The smallest absolute Gasteiger partial charge is 0.246 e. The number of rotatable bonds is 6. The van der Waals surface area contributed by atoms with Crippen LogP contribution < -0.4 is 5.32 Å². The lowest BCUT2D eigenvalue weighted by atomic mass is 10.3. The number of aromatic nitrogens is 2. The van der Waals surface area contributed by atoms with Crippen LogP contribution in [0.4, 0.5) is 0 Å². The number of aryl methyl sites for hydroxylation is 1. The number of nitrogens with zero attached hydrogens (tertiary/aromatic N) is 3. The normalized spacial score (nSPS) is 18.2. The van der Waals surface area contributed by atoms with Crippen LogP contribution in [-0.4, -0.2) is 67.1 Å². The van der Waals surface area contributed by atoms with Crippen LogP contribution in [0.15, 0.2) is 4.90 Å². The lowest BCUT2D eigenvalue weighted by Gasteiger charge is -2.33. The van der Waals surface area contributed by atoms with E-state index in [2.05, 4.69) is 27.3 Å².